The van der Waals surface area contributed by atoms with Crippen molar-refractivity contribution in [2.45, 2.75) is 38.1 Å². The third-order valence-corrected chi connectivity index (χ3v) is 3.39. The Morgan fingerprint density at radius 3 is 3.31 bits per heavy atom. The number of aromatic nitrogens is 2. The summed E-state index contributed by atoms with van der Waals surface area (Å²) in [6.07, 6.45) is 9.51. The first kappa shape index (κ1) is 11.4. The number of piperidine rings is 1. The van der Waals surface area contributed by atoms with Crippen LogP contribution in [0, 0.1) is 0 Å². The molecule has 88 valence electrons. The summed E-state index contributed by atoms with van der Waals surface area (Å²) in [6.45, 7) is 8.28. The van der Waals surface area contributed by atoms with E-state index < -0.39 is 0 Å². The summed E-state index contributed by atoms with van der Waals surface area (Å²) < 4.78 is 2.30. The lowest BCUT2D eigenvalue weighted by Gasteiger charge is -2.25. The lowest BCUT2D eigenvalue weighted by molar-refractivity contribution is 0.425. The Balaban J connectivity index is 2.13. The lowest BCUT2D eigenvalue weighted by Crippen LogP contribution is -2.29. The fourth-order valence-electron chi connectivity index (χ4n) is 2.46. The molecule has 0 aromatic carbocycles. The molecule has 1 aliphatic heterocycles. The maximum absolute atomic E-state index is 4.30. The van der Waals surface area contributed by atoms with Crippen molar-refractivity contribution in [2.75, 3.05) is 13.1 Å². The number of rotatable bonds is 4. The van der Waals surface area contributed by atoms with E-state index >= 15 is 0 Å². The van der Waals surface area contributed by atoms with Gasteiger partial charge in [-0.2, -0.15) is 0 Å². The van der Waals surface area contributed by atoms with Crippen molar-refractivity contribution in [3.8, 4) is 0 Å². The van der Waals surface area contributed by atoms with E-state index in [1.807, 2.05) is 18.6 Å². The molecule has 1 aromatic rings. The summed E-state index contributed by atoms with van der Waals surface area (Å²) in [5, 5.41) is 3.46. The van der Waals surface area contributed by atoms with Crippen molar-refractivity contribution in [2.24, 2.45) is 0 Å². The van der Waals surface area contributed by atoms with Crippen LogP contribution in [-0.2, 0) is 0 Å². The third-order valence-electron chi connectivity index (χ3n) is 3.39. The molecule has 0 saturated carbocycles. The van der Waals surface area contributed by atoms with E-state index in [0.717, 1.165) is 19.5 Å². The minimum absolute atomic E-state index is 0.469. The number of hydrogen-bond acceptors (Lipinski definition) is 2. The zero-order valence-electron chi connectivity index (χ0n) is 10.0. The fraction of sp³-hybridized carbons (Fsp3) is 0.615. The van der Waals surface area contributed by atoms with Gasteiger partial charge in [0.05, 0.1) is 6.33 Å². The van der Waals surface area contributed by atoms with Crippen LogP contribution in [0.25, 0.3) is 0 Å². The standard InChI is InChI=1S/C13H21N3/c1-3-5-11(2)16-10-15-9-13(16)12-6-4-7-14-8-12/h3,9-12,14H,1,4-8H2,2H3. The Hall–Kier alpha value is -1.09. The molecule has 0 aliphatic carbocycles. The molecule has 2 unspecified atom stereocenters. The topological polar surface area (TPSA) is 29.9 Å². The fourth-order valence-corrected chi connectivity index (χ4v) is 2.46. The smallest absolute Gasteiger partial charge is 0.0950 e. The maximum Gasteiger partial charge on any atom is 0.0950 e. The van der Waals surface area contributed by atoms with Crippen LogP contribution in [0.15, 0.2) is 25.2 Å². The summed E-state index contributed by atoms with van der Waals surface area (Å²) in [7, 11) is 0. The van der Waals surface area contributed by atoms with Crippen molar-refractivity contribution in [1.82, 2.24) is 14.9 Å². The van der Waals surface area contributed by atoms with Crippen molar-refractivity contribution < 1.29 is 0 Å². The molecule has 1 aromatic heterocycles. The van der Waals surface area contributed by atoms with Gasteiger partial charge in [-0.15, -0.1) is 6.58 Å². The summed E-state index contributed by atoms with van der Waals surface area (Å²) >= 11 is 0. The molecule has 0 radical (unpaired) electrons. The molecule has 2 atom stereocenters. The number of imidazole rings is 1. The number of allylic oxidation sites excluding steroid dienone is 1. The van der Waals surface area contributed by atoms with E-state index in [9.17, 15) is 0 Å². The van der Waals surface area contributed by atoms with Crippen LogP contribution < -0.4 is 5.32 Å². The van der Waals surface area contributed by atoms with Gasteiger partial charge in [0, 0.05) is 30.4 Å². The van der Waals surface area contributed by atoms with Gasteiger partial charge in [-0.25, -0.2) is 4.98 Å². The van der Waals surface area contributed by atoms with Crippen LogP contribution in [0.4, 0.5) is 0 Å². The molecule has 3 nitrogen and oxygen atoms in total. The van der Waals surface area contributed by atoms with Crippen molar-refractivity contribution >= 4 is 0 Å². The molecule has 1 saturated heterocycles. The molecular formula is C13H21N3. The second-order valence-corrected chi connectivity index (χ2v) is 4.64. The van der Waals surface area contributed by atoms with E-state index in [4.69, 9.17) is 0 Å². The van der Waals surface area contributed by atoms with E-state index in [0.29, 0.717) is 12.0 Å². The van der Waals surface area contributed by atoms with Gasteiger partial charge in [-0.1, -0.05) is 6.08 Å². The van der Waals surface area contributed by atoms with Gasteiger partial charge in [-0.05, 0) is 32.7 Å². The first-order chi connectivity index (χ1) is 7.83. The number of nitrogens with one attached hydrogen (secondary N) is 1. The molecule has 2 rings (SSSR count). The highest BCUT2D eigenvalue weighted by Crippen LogP contribution is 2.26. The molecule has 16 heavy (non-hydrogen) atoms. The zero-order valence-corrected chi connectivity index (χ0v) is 10.0. The summed E-state index contributed by atoms with van der Waals surface area (Å²) in [6, 6.07) is 0.469. The van der Waals surface area contributed by atoms with Gasteiger partial charge < -0.3 is 9.88 Å². The van der Waals surface area contributed by atoms with E-state index in [1.54, 1.807) is 0 Å². The highest BCUT2D eigenvalue weighted by Gasteiger charge is 2.20. The van der Waals surface area contributed by atoms with Gasteiger partial charge in [-0.3, -0.25) is 0 Å². The quantitative estimate of drug-likeness (QED) is 0.788. The number of nitrogens with zero attached hydrogens (tertiary/aromatic N) is 2. The average Bonchev–Trinajstić information content (AvgIpc) is 2.79. The van der Waals surface area contributed by atoms with Crippen molar-refractivity contribution in [3.05, 3.63) is 30.9 Å². The molecule has 2 heterocycles. The Kier molecular flexibility index (Phi) is 3.78. The Labute approximate surface area is 97.6 Å². The largest absolute Gasteiger partial charge is 0.331 e. The Bertz CT molecular complexity index is 337. The first-order valence-electron chi connectivity index (χ1n) is 6.16. The zero-order chi connectivity index (χ0) is 11.4. The molecule has 3 heteroatoms. The van der Waals surface area contributed by atoms with Gasteiger partial charge in [0.1, 0.15) is 0 Å². The molecule has 1 aliphatic rings. The summed E-state index contributed by atoms with van der Waals surface area (Å²) in [4.78, 5) is 4.30. The lowest BCUT2D eigenvalue weighted by atomic mass is 9.96. The summed E-state index contributed by atoms with van der Waals surface area (Å²) in [5.74, 6) is 0.628. The van der Waals surface area contributed by atoms with Gasteiger partial charge in [0.15, 0.2) is 0 Å². The van der Waals surface area contributed by atoms with E-state index in [2.05, 4.69) is 28.4 Å². The van der Waals surface area contributed by atoms with Crippen LogP contribution in [0.5, 0.6) is 0 Å². The predicted octanol–water partition coefficient (Wildman–Crippen LogP) is 2.49. The normalized spacial score (nSPS) is 22.9. The molecule has 0 spiro atoms. The van der Waals surface area contributed by atoms with Gasteiger partial charge in [0.2, 0.25) is 0 Å². The minimum Gasteiger partial charge on any atom is -0.331 e. The molecule has 1 N–H and O–H groups in total. The highest BCUT2D eigenvalue weighted by molar-refractivity contribution is 5.09. The second kappa shape index (κ2) is 5.30. The monoisotopic (exact) mass is 219 g/mol. The van der Waals surface area contributed by atoms with Gasteiger partial charge >= 0.3 is 0 Å². The average molecular weight is 219 g/mol. The second-order valence-electron chi connectivity index (χ2n) is 4.64. The molecule has 0 amide bonds. The van der Waals surface area contributed by atoms with Crippen LogP contribution >= 0.6 is 0 Å². The van der Waals surface area contributed by atoms with Crippen LogP contribution in [-0.4, -0.2) is 22.6 Å². The number of hydrogen-bond donors (Lipinski definition) is 1. The van der Waals surface area contributed by atoms with Crippen molar-refractivity contribution in [1.29, 1.82) is 0 Å². The Morgan fingerprint density at radius 1 is 1.75 bits per heavy atom. The summed E-state index contributed by atoms with van der Waals surface area (Å²) in [5.41, 5.74) is 1.38. The predicted molar refractivity (Wildman–Crippen MR) is 66.6 cm³/mol. The molecule has 1 fully saturated rings. The molecule has 0 bridgehead atoms. The van der Waals surface area contributed by atoms with Crippen molar-refractivity contribution in [3.63, 3.8) is 0 Å². The third kappa shape index (κ3) is 2.35. The van der Waals surface area contributed by atoms with E-state index in [-0.39, 0.29) is 0 Å². The van der Waals surface area contributed by atoms with E-state index in [1.165, 1.54) is 18.5 Å². The maximum atomic E-state index is 4.30. The van der Waals surface area contributed by atoms with Gasteiger partial charge in [0.25, 0.3) is 0 Å². The first-order valence-corrected chi connectivity index (χ1v) is 6.16. The molecular weight excluding hydrogens is 198 g/mol. The van der Waals surface area contributed by atoms with Crippen LogP contribution in [0.2, 0.25) is 0 Å². The van der Waals surface area contributed by atoms with Crippen LogP contribution in [0.1, 0.15) is 43.8 Å². The highest BCUT2D eigenvalue weighted by atomic mass is 15.1. The van der Waals surface area contributed by atoms with Crippen LogP contribution in [0.3, 0.4) is 0 Å². The minimum atomic E-state index is 0.469. The SMILES string of the molecule is C=CCC(C)n1cncc1C1CCCNC1. The Morgan fingerprint density at radius 2 is 2.62 bits per heavy atom.